The van der Waals surface area contributed by atoms with E-state index in [2.05, 4.69) is 4.72 Å². The number of anilines is 1. The zero-order valence-electron chi connectivity index (χ0n) is 11.7. The molecule has 1 aliphatic heterocycles. The number of rotatable bonds is 3. The van der Waals surface area contributed by atoms with Crippen molar-refractivity contribution in [2.75, 3.05) is 24.1 Å². The Bertz CT molecular complexity index is 648. The third kappa shape index (κ3) is 4.15. The van der Waals surface area contributed by atoms with E-state index in [1.165, 1.54) is 11.0 Å². The highest BCUT2D eigenvalue weighted by Gasteiger charge is 2.25. The summed E-state index contributed by atoms with van der Waals surface area (Å²) in [5.74, 6) is -1.02. The van der Waals surface area contributed by atoms with Crippen LogP contribution in [0.2, 0.25) is 0 Å². The molecule has 0 spiro atoms. The van der Waals surface area contributed by atoms with Crippen LogP contribution in [0.5, 0.6) is 0 Å². The fourth-order valence-corrected chi connectivity index (χ4v) is 2.92. The zero-order valence-corrected chi connectivity index (χ0v) is 12.5. The summed E-state index contributed by atoms with van der Waals surface area (Å²) >= 11 is 0. The van der Waals surface area contributed by atoms with Crippen LogP contribution in [0.3, 0.4) is 0 Å². The lowest BCUT2D eigenvalue weighted by molar-refractivity contribution is 0.0709. The van der Waals surface area contributed by atoms with Crippen molar-refractivity contribution in [2.24, 2.45) is 5.73 Å². The van der Waals surface area contributed by atoms with Gasteiger partial charge in [-0.05, 0) is 31.0 Å². The number of nitrogens with two attached hydrogens (primary N) is 1. The van der Waals surface area contributed by atoms with E-state index in [1.54, 1.807) is 0 Å². The highest BCUT2D eigenvalue weighted by atomic mass is 32.2. The molecule has 0 radical (unpaired) electrons. The number of benzene rings is 1. The normalized spacial score (nSPS) is 19.4. The molecule has 1 atom stereocenters. The van der Waals surface area contributed by atoms with Gasteiger partial charge in [0.05, 0.1) is 17.5 Å². The van der Waals surface area contributed by atoms with E-state index in [0.717, 1.165) is 31.2 Å². The number of hydrogen-bond acceptors (Lipinski definition) is 4. The summed E-state index contributed by atoms with van der Waals surface area (Å²) in [4.78, 5) is 14.0. The number of carbonyl (C=O) groups is 1. The van der Waals surface area contributed by atoms with Crippen molar-refractivity contribution in [3.63, 3.8) is 0 Å². The second kappa shape index (κ2) is 5.98. The van der Waals surface area contributed by atoms with E-state index < -0.39 is 21.7 Å². The van der Waals surface area contributed by atoms with Crippen molar-refractivity contribution in [1.29, 1.82) is 0 Å². The molecule has 0 bridgehead atoms. The lowest BCUT2D eigenvalue weighted by atomic mass is 10.0. The van der Waals surface area contributed by atoms with Gasteiger partial charge in [0.2, 0.25) is 10.0 Å². The number of sulfonamides is 1. The Hall–Kier alpha value is -1.67. The average molecular weight is 315 g/mol. The van der Waals surface area contributed by atoms with Crippen LogP contribution in [0, 0.1) is 5.82 Å². The summed E-state index contributed by atoms with van der Waals surface area (Å²) in [6.07, 6.45) is 2.58. The number of amides is 1. The number of nitrogens with one attached hydrogen (secondary N) is 1. The van der Waals surface area contributed by atoms with E-state index in [0.29, 0.717) is 13.1 Å². The Labute approximate surface area is 123 Å². The molecular formula is C13H18FN3O3S. The molecule has 1 unspecified atom stereocenters. The standard InChI is InChI=1S/C13H18FN3O3S/c1-21(19,20)16-12-5-4-9(14)7-11(12)13(18)17-6-2-3-10(15)8-17/h4-5,7,10,16H,2-3,6,8,15H2,1H3. The molecule has 21 heavy (non-hydrogen) atoms. The summed E-state index contributed by atoms with van der Waals surface area (Å²) in [6.45, 7) is 0.912. The van der Waals surface area contributed by atoms with Crippen LogP contribution in [0.4, 0.5) is 10.1 Å². The quantitative estimate of drug-likeness (QED) is 0.861. The summed E-state index contributed by atoms with van der Waals surface area (Å²) < 4.78 is 38.3. The lowest BCUT2D eigenvalue weighted by Gasteiger charge is -2.31. The maximum Gasteiger partial charge on any atom is 0.256 e. The highest BCUT2D eigenvalue weighted by Crippen LogP contribution is 2.22. The molecule has 116 valence electrons. The maximum atomic E-state index is 13.4. The van der Waals surface area contributed by atoms with Gasteiger partial charge < -0.3 is 10.6 Å². The van der Waals surface area contributed by atoms with Gasteiger partial charge in [-0.3, -0.25) is 9.52 Å². The fraction of sp³-hybridized carbons (Fsp3) is 0.462. The van der Waals surface area contributed by atoms with Crippen molar-refractivity contribution in [1.82, 2.24) is 4.90 Å². The van der Waals surface area contributed by atoms with Crippen LogP contribution < -0.4 is 10.5 Å². The number of carbonyl (C=O) groups excluding carboxylic acids is 1. The molecule has 1 aromatic carbocycles. The van der Waals surface area contributed by atoms with Crippen LogP contribution in [0.15, 0.2) is 18.2 Å². The summed E-state index contributed by atoms with van der Waals surface area (Å²) in [7, 11) is -3.56. The van der Waals surface area contributed by atoms with E-state index in [-0.39, 0.29) is 17.3 Å². The minimum atomic E-state index is -3.56. The Morgan fingerprint density at radius 1 is 1.48 bits per heavy atom. The Balaban J connectivity index is 2.32. The largest absolute Gasteiger partial charge is 0.337 e. The molecule has 1 amide bonds. The molecule has 1 fully saturated rings. The first-order chi connectivity index (χ1) is 9.76. The average Bonchev–Trinajstić information content (AvgIpc) is 2.38. The summed E-state index contributed by atoms with van der Waals surface area (Å²) in [5, 5.41) is 0. The molecule has 6 nitrogen and oxygen atoms in total. The Morgan fingerprint density at radius 3 is 2.81 bits per heavy atom. The minimum Gasteiger partial charge on any atom is -0.337 e. The summed E-state index contributed by atoms with van der Waals surface area (Å²) in [6, 6.07) is 3.28. The van der Waals surface area contributed by atoms with E-state index >= 15 is 0 Å². The van der Waals surface area contributed by atoms with Gasteiger partial charge >= 0.3 is 0 Å². The van der Waals surface area contributed by atoms with Crippen LogP contribution in [-0.2, 0) is 10.0 Å². The molecular weight excluding hydrogens is 297 g/mol. The third-order valence-electron chi connectivity index (χ3n) is 3.25. The van der Waals surface area contributed by atoms with Gasteiger partial charge in [-0.25, -0.2) is 12.8 Å². The van der Waals surface area contributed by atoms with Crippen molar-refractivity contribution in [2.45, 2.75) is 18.9 Å². The molecule has 1 aliphatic rings. The predicted octanol–water partition coefficient (Wildman–Crippen LogP) is 0.761. The molecule has 1 heterocycles. The minimum absolute atomic E-state index is 0.00507. The van der Waals surface area contributed by atoms with Crippen LogP contribution in [0.1, 0.15) is 23.2 Å². The monoisotopic (exact) mass is 315 g/mol. The van der Waals surface area contributed by atoms with E-state index in [1.807, 2.05) is 0 Å². The van der Waals surface area contributed by atoms with E-state index in [9.17, 15) is 17.6 Å². The second-order valence-corrected chi connectivity index (χ2v) is 6.97. The molecule has 0 saturated carbocycles. The fourth-order valence-electron chi connectivity index (χ4n) is 2.35. The van der Waals surface area contributed by atoms with Crippen LogP contribution >= 0.6 is 0 Å². The predicted molar refractivity (Wildman–Crippen MR) is 78.0 cm³/mol. The second-order valence-electron chi connectivity index (χ2n) is 5.22. The molecule has 1 saturated heterocycles. The molecule has 3 N–H and O–H groups in total. The third-order valence-corrected chi connectivity index (χ3v) is 3.84. The van der Waals surface area contributed by atoms with Crippen molar-refractivity contribution < 1.29 is 17.6 Å². The molecule has 8 heteroatoms. The van der Waals surface area contributed by atoms with Gasteiger partial charge in [-0.1, -0.05) is 0 Å². The number of halogens is 1. The molecule has 1 aromatic rings. The first-order valence-electron chi connectivity index (χ1n) is 6.58. The molecule has 0 aromatic heterocycles. The number of nitrogens with zero attached hydrogens (tertiary/aromatic N) is 1. The summed E-state index contributed by atoms with van der Waals surface area (Å²) in [5.41, 5.74) is 5.90. The SMILES string of the molecule is CS(=O)(=O)Nc1ccc(F)cc1C(=O)N1CCCC(N)C1. The van der Waals surface area contributed by atoms with Crippen molar-refractivity contribution in [3.8, 4) is 0 Å². The number of hydrogen-bond donors (Lipinski definition) is 2. The van der Waals surface area contributed by atoms with Gasteiger partial charge in [-0.2, -0.15) is 0 Å². The van der Waals surface area contributed by atoms with E-state index in [4.69, 9.17) is 5.73 Å². The van der Waals surface area contributed by atoms with Crippen molar-refractivity contribution in [3.05, 3.63) is 29.6 Å². The first-order valence-corrected chi connectivity index (χ1v) is 8.47. The highest BCUT2D eigenvalue weighted by molar-refractivity contribution is 7.92. The first kappa shape index (κ1) is 15.7. The number of likely N-dealkylation sites (tertiary alicyclic amines) is 1. The topological polar surface area (TPSA) is 92.5 Å². The Morgan fingerprint density at radius 2 is 2.19 bits per heavy atom. The van der Waals surface area contributed by atoms with Crippen LogP contribution in [-0.4, -0.2) is 44.6 Å². The smallest absolute Gasteiger partial charge is 0.256 e. The van der Waals surface area contributed by atoms with Crippen molar-refractivity contribution >= 4 is 21.6 Å². The van der Waals surface area contributed by atoms with Gasteiger partial charge in [0.25, 0.3) is 5.91 Å². The maximum absolute atomic E-state index is 13.4. The Kier molecular flexibility index (Phi) is 4.48. The van der Waals surface area contributed by atoms with Gasteiger partial charge in [0, 0.05) is 19.1 Å². The van der Waals surface area contributed by atoms with Crippen LogP contribution in [0.25, 0.3) is 0 Å². The van der Waals surface area contributed by atoms with Gasteiger partial charge in [-0.15, -0.1) is 0 Å². The lowest BCUT2D eigenvalue weighted by Crippen LogP contribution is -2.45. The van der Waals surface area contributed by atoms with Gasteiger partial charge in [0.1, 0.15) is 5.82 Å². The van der Waals surface area contributed by atoms with Gasteiger partial charge in [0.15, 0.2) is 0 Å². The zero-order chi connectivity index (χ0) is 15.6. The molecule has 0 aliphatic carbocycles. The number of piperidine rings is 1. The molecule has 2 rings (SSSR count).